The van der Waals surface area contributed by atoms with Gasteiger partial charge >= 0.3 is 5.97 Å². The van der Waals surface area contributed by atoms with Gasteiger partial charge < -0.3 is 30.4 Å². The molecule has 29 heavy (non-hydrogen) atoms. The molecule has 4 aliphatic heterocycles. The fraction of sp³-hybridized carbons (Fsp3) is 0.737. The SMILES string of the molecule is C[C@H](O)[C@H]1C(=O)N2C(C(=O)O)=C(S[C@@H]3CN[C@H](C(=O)N4CC[C@H](O)C4)C3)[C@@H](C)[C@H]12. The summed E-state index contributed by atoms with van der Waals surface area (Å²) in [4.78, 5) is 40.6. The number of β-lactam (4-membered cyclic amide) rings is 1. The number of carbonyl (C=O) groups excluding carboxylic acids is 2. The highest BCUT2D eigenvalue weighted by molar-refractivity contribution is 8.03. The molecule has 0 aromatic heterocycles. The first kappa shape index (κ1) is 20.6. The van der Waals surface area contributed by atoms with E-state index in [2.05, 4.69) is 5.32 Å². The van der Waals surface area contributed by atoms with Crippen molar-refractivity contribution in [1.82, 2.24) is 15.1 Å². The highest BCUT2D eigenvalue weighted by Gasteiger charge is 2.60. The Morgan fingerprint density at radius 2 is 2.07 bits per heavy atom. The summed E-state index contributed by atoms with van der Waals surface area (Å²) in [6, 6.07) is -0.666. The van der Waals surface area contributed by atoms with Crippen molar-refractivity contribution in [2.45, 2.75) is 56.2 Å². The minimum absolute atomic E-state index is 0.0158. The van der Waals surface area contributed by atoms with Gasteiger partial charge in [0.05, 0.1) is 30.2 Å². The zero-order valence-electron chi connectivity index (χ0n) is 16.4. The number of amides is 2. The van der Waals surface area contributed by atoms with E-state index in [1.165, 1.54) is 16.7 Å². The number of aliphatic hydroxyl groups excluding tert-OH is 2. The van der Waals surface area contributed by atoms with Crippen LogP contribution in [-0.4, -0.2) is 92.1 Å². The van der Waals surface area contributed by atoms with E-state index in [-0.39, 0.29) is 40.8 Å². The number of carboxylic acids is 1. The van der Waals surface area contributed by atoms with Crippen LogP contribution in [0.2, 0.25) is 0 Å². The number of nitrogens with zero attached hydrogens (tertiary/aromatic N) is 2. The molecule has 0 radical (unpaired) electrons. The van der Waals surface area contributed by atoms with Crippen LogP contribution < -0.4 is 5.32 Å². The van der Waals surface area contributed by atoms with Gasteiger partial charge in [-0.1, -0.05) is 6.92 Å². The van der Waals surface area contributed by atoms with E-state index in [1.807, 2.05) is 6.92 Å². The van der Waals surface area contributed by atoms with Crippen molar-refractivity contribution in [3.8, 4) is 0 Å². The van der Waals surface area contributed by atoms with Gasteiger partial charge in [-0.15, -0.1) is 11.8 Å². The lowest BCUT2D eigenvalue weighted by Crippen LogP contribution is -2.63. The van der Waals surface area contributed by atoms with E-state index in [0.717, 1.165) is 0 Å². The summed E-state index contributed by atoms with van der Waals surface area (Å²) in [5, 5.41) is 32.5. The predicted octanol–water partition coefficient (Wildman–Crippen LogP) is -0.803. The van der Waals surface area contributed by atoms with Gasteiger partial charge in [0, 0.05) is 35.7 Å². The summed E-state index contributed by atoms with van der Waals surface area (Å²) in [6.07, 6.45) is -0.121. The third kappa shape index (κ3) is 3.35. The molecular weight excluding hydrogens is 398 g/mol. The normalized spacial score (nSPS) is 37.7. The third-order valence-corrected chi connectivity index (χ3v) is 7.98. The van der Waals surface area contributed by atoms with Gasteiger partial charge in [0.25, 0.3) is 0 Å². The molecule has 0 bridgehead atoms. The Bertz CT molecular complexity index is 771. The molecule has 4 N–H and O–H groups in total. The fourth-order valence-electron chi connectivity index (χ4n) is 5.00. The lowest BCUT2D eigenvalue weighted by atomic mass is 9.79. The van der Waals surface area contributed by atoms with Crippen LogP contribution in [0.1, 0.15) is 26.7 Å². The molecule has 7 atom stereocenters. The first-order valence-electron chi connectivity index (χ1n) is 10.1. The first-order chi connectivity index (χ1) is 13.7. The summed E-state index contributed by atoms with van der Waals surface area (Å²) in [7, 11) is 0. The molecule has 9 nitrogen and oxygen atoms in total. The number of hydrogen-bond donors (Lipinski definition) is 4. The number of likely N-dealkylation sites (tertiary alicyclic amines) is 1. The van der Waals surface area contributed by atoms with Crippen LogP contribution in [0, 0.1) is 11.8 Å². The molecule has 0 aromatic carbocycles. The van der Waals surface area contributed by atoms with Crippen molar-refractivity contribution in [2.24, 2.45) is 11.8 Å². The van der Waals surface area contributed by atoms with Gasteiger partial charge in [-0.25, -0.2) is 4.79 Å². The Morgan fingerprint density at radius 3 is 2.66 bits per heavy atom. The minimum atomic E-state index is -1.14. The Kier molecular flexibility index (Phi) is 5.39. The van der Waals surface area contributed by atoms with Crippen molar-refractivity contribution in [2.75, 3.05) is 19.6 Å². The zero-order valence-corrected chi connectivity index (χ0v) is 17.3. The molecule has 160 valence electrons. The van der Waals surface area contributed by atoms with Crippen LogP contribution >= 0.6 is 11.8 Å². The van der Waals surface area contributed by atoms with Gasteiger partial charge in [0.15, 0.2) is 0 Å². The summed E-state index contributed by atoms with van der Waals surface area (Å²) in [6.45, 7) is 4.94. The van der Waals surface area contributed by atoms with Crippen LogP contribution in [0.4, 0.5) is 0 Å². The highest BCUT2D eigenvalue weighted by atomic mass is 32.2. The van der Waals surface area contributed by atoms with Crippen molar-refractivity contribution in [1.29, 1.82) is 0 Å². The van der Waals surface area contributed by atoms with Gasteiger partial charge in [-0.3, -0.25) is 9.59 Å². The topological polar surface area (TPSA) is 130 Å². The first-order valence-corrected chi connectivity index (χ1v) is 10.9. The van der Waals surface area contributed by atoms with E-state index in [9.17, 15) is 29.7 Å². The molecule has 3 saturated heterocycles. The number of β-amino-alcohol motifs (C(OH)–C–C–N with tert-alkyl or cyclic N) is 1. The van der Waals surface area contributed by atoms with E-state index in [1.54, 1.807) is 11.8 Å². The number of rotatable bonds is 5. The van der Waals surface area contributed by atoms with Gasteiger partial charge in [-0.2, -0.15) is 0 Å². The van der Waals surface area contributed by atoms with Gasteiger partial charge in [0.1, 0.15) is 5.70 Å². The third-order valence-electron chi connectivity index (χ3n) is 6.47. The minimum Gasteiger partial charge on any atom is -0.477 e. The molecule has 0 aliphatic carbocycles. The molecule has 10 heteroatoms. The summed E-state index contributed by atoms with van der Waals surface area (Å²) >= 11 is 1.43. The second-order valence-corrected chi connectivity index (χ2v) is 9.78. The van der Waals surface area contributed by atoms with Crippen molar-refractivity contribution in [3.63, 3.8) is 0 Å². The Balaban J connectivity index is 1.46. The molecule has 2 amide bonds. The van der Waals surface area contributed by atoms with E-state index in [4.69, 9.17) is 0 Å². The maximum atomic E-state index is 12.6. The lowest BCUT2D eigenvalue weighted by molar-refractivity contribution is -0.163. The summed E-state index contributed by atoms with van der Waals surface area (Å²) in [5.41, 5.74) is 0.0202. The monoisotopic (exact) mass is 425 g/mol. The molecular formula is C19H27N3O6S. The standard InChI is InChI=1S/C19H27N3O6S/c1-8-14-13(9(2)23)18(26)22(14)15(19(27)28)16(8)29-11-5-12(20-6-11)17(25)21-4-3-10(24)7-21/h8-14,20,23-24H,3-7H2,1-2H3,(H,27,28)/t8-,9-,10-,11-,12-,13+,14+/m0/s1. The van der Waals surface area contributed by atoms with Crippen molar-refractivity contribution in [3.05, 3.63) is 10.6 Å². The number of carbonyl (C=O) groups is 3. The molecule has 0 unspecified atom stereocenters. The van der Waals surface area contributed by atoms with Crippen LogP contribution in [-0.2, 0) is 14.4 Å². The second-order valence-electron chi connectivity index (χ2n) is 8.44. The van der Waals surface area contributed by atoms with Crippen LogP contribution in [0.3, 0.4) is 0 Å². The predicted molar refractivity (Wildman–Crippen MR) is 105 cm³/mol. The number of aliphatic carboxylic acids is 1. The Morgan fingerprint density at radius 1 is 1.34 bits per heavy atom. The van der Waals surface area contributed by atoms with Gasteiger partial charge in [0.2, 0.25) is 11.8 Å². The molecule has 0 saturated carbocycles. The van der Waals surface area contributed by atoms with E-state index in [0.29, 0.717) is 37.4 Å². The number of hydrogen-bond acceptors (Lipinski definition) is 7. The molecule has 3 fully saturated rings. The number of carboxylic acid groups (broad SMARTS) is 1. The molecule has 4 rings (SSSR count). The fourth-order valence-corrected chi connectivity index (χ4v) is 6.48. The largest absolute Gasteiger partial charge is 0.477 e. The van der Waals surface area contributed by atoms with E-state index < -0.39 is 24.1 Å². The number of nitrogens with one attached hydrogen (secondary N) is 1. The summed E-state index contributed by atoms with van der Waals surface area (Å²) in [5.74, 6) is -2.24. The average Bonchev–Trinajstić information content (AvgIpc) is 3.33. The van der Waals surface area contributed by atoms with Crippen LogP contribution in [0.5, 0.6) is 0 Å². The number of fused-ring (bicyclic) bond motifs is 1. The second kappa shape index (κ2) is 7.57. The Labute approximate surface area is 173 Å². The van der Waals surface area contributed by atoms with Crippen LogP contribution in [0.25, 0.3) is 0 Å². The molecule has 0 aromatic rings. The number of thioether (sulfide) groups is 1. The molecule has 4 aliphatic rings. The Hall–Kier alpha value is -1.62. The maximum absolute atomic E-state index is 12.6. The summed E-state index contributed by atoms with van der Waals surface area (Å²) < 4.78 is 0. The lowest BCUT2D eigenvalue weighted by Gasteiger charge is -2.46. The maximum Gasteiger partial charge on any atom is 0.353 e. The van der Waals surface area contributed by atoms with Crippen LogP contribution in [0.15, 0.2) is 10.6 Å². The average molecular weight is 426 g/mol. The molecule has 0 spiro atoms. The van der Waals surface area contributed by atoms with E-state index >= 15 is 0 Å². The van der Waals surface area contributed by atoms with Crippen molar-refractivity contribution < 1.29 is 29.7 Å². The smallest absolute Gasteiger partial charge is 0.353 e. The molecule has 4 heterocycles. The quantitative estimate of drug-likeness (QED) is 0.421. The highest BCUT2D eigenvalue weighted by Crippen LogP contribution is 2.51. The zero-order chi connectivity index (χ0) is 21.0. The number of aliphatic hydroxyl groups is 2. The van der Waals surface area contributed by atoms with Crippen molar-refractivity contribution >= 4 is 29.5 Å². The van der Waals surface area contributed by atoms with Gasteiger partial charge in [-0.05, 0) is 19.8 Å².